The predicted molar refractivity (Wildman–Crippen MR) is 168 cm³/mol. The van der Waals surface area contributed by atoms with Crippen molar-refractivity contribution in [2.45, 2.75) is 52.6 Å². The summed E-state index contributed by atoms with van der Waals surface area (Å²) < 4.78 is 39.2. The number of rotatable bonds is 14. The number of unbranched alkanes of at least 4 members (excludes halogenated alkanes) is 1. The minimum Gasteiger partial charge on any atom is -0.486 e. The second-order valence-corrected chi connectivity index (χ2v) is 12.7. The molecule has 1 heterocycles. The van der Waals surface area contributed by atoms with Gasteiger partial charge in [0.1, 0.15) is 25.8 Å². The number of ether oxygens (including phenoxy) is 2. The smallest absolute Gasteiger partial charge is 0.244 e. The average Bonchev–Trinajstić information content (AvgIpc) is 3.02. The van der Waals surface area contributed by atoms with Gasteiger partial charge in [0.15, 0.2) is 11.5 Å². The van der Waals surface area contributed by atoms with Crippen molar-refractivity contribution in [3.63, 3.8) is 0 Å². The van der Waals surface area contributed by atoms with Crippen molar-refractivity contribution in [2.24, 2.45) is 0 Å². The third kappa shape index (κ3) is 8.28. The van der Waals surface area contributed by atoms with E-state index < -0.39 is 28.5 Å². The summed E-state index contributed by atoms with van der Waals surface area (Å²) in [6.45, 7) is 6.43. The van der Waals surface area contributed by atoms with Gasteiger partial charge in [0, 0.05) is 25.6 Å². The van der Waals surface area contributed by atoms with Gasteiger partial charge in [0.25, 0.3) is 0 Å². The largest absolute Gasteiger partial charge is 0.486 e. The first-order valence-electron chi connectivity index (χ1n) is 14.8. The van der Waals surface area contributed by atoms with Gasteiger partial charge in [-0.1, -0.05) is 67.9 Å². The molecule has 3 aromatic carbocycles. The van der Waals surface area contributed by atoms with Crippen LogP contribution in [0.2, 0.25) is 0 Å². The van der Waals surface area contributed by atoms with Crippen molar-refractivity contribution >= 4 is 27.5 Å². The summed E-state index contributed by atoms with van der Waals surface area (Å²) in [6, 6.07) is 21.2. The van der Waals surface area contributed by atoms with Gasteiger partial charge in [0.2, 0.25) is 21.8 Å². The lowest BCUT2D eigenvalue weighted by Crippen LogP contribution is -2.53. The van der Waals surface area contributed by atoms with E-state index in [1.54, 1.807) is 18.2 Å². The number of carbonyl (C=O) groups is 2. The van der Waals surface area contributed by atoms with Crippen LogP contribution in [0.15, 0.2) is 72.8 Å². The van der Waals surface area contributed by atoms with E-state index in [4.69, 9.17) is 9.47 Å². The monoisotopic (exact) mass is 607 g/mol. The van der Waals surface area contributed by atoms with Crippen LogP contribution in [0.3, 0.4) is 0 Å². The standard InChI is InChI=1S/C33H41N3O6S/c1-4-6-18-34-33(38)29(21-26-13-8-7-9-14-26)35(23-27-15-11-10-12-25(27)3)32(37)24-36(43(39,40)5-2)28-16-17-30-31(22-28)42-20-19-41-30/h7-17,22,29H,4-6,18-21,23-24H2,1-3H3,(H,34,38). The fourth-order valence-electron chi connectivity index (χ4n) is 4.94. The van der Waals surface area contributed by atoms with E-state index in [1.807, 2.05) is 68.4 Å². The third-order valence-corrected chi connectivity index (χ3v) is 9.24. The Balaban J connectivity index is 1.74. The summed E-state index contributed by atoms with van der Waals surface area (Å²) in [7, 11) is -3.88. The Hall–Kier alpha value is -4.05. The Kier molecular flexibility index (Phi) is 11.1. The minimum absolute atomic E-state index is 0.144. The molecule has 0 fully saturated rings. The molecule has 9 nitrogen and oxygen atoms in total. The predicted octanol–water partition coefficient (Wildman–Crippen LogP) is 4.48. The molecule has 10 heteroatoms. The first kappa shape index (κ1) is 31.9. The summed E-state index contributed by atoms with van der Waals surface area (Å²) >= 11 is 0. The number of aryl methyl sites for hydroxylation is 1. The van der Waals surface area contributed by atoms with Crippen molar-refractivity contribution in [1.82, 2.24) is 10.2 Å². The SMILES string of the molecule is CCCCNC(=O)C(Cc1ccccc1)N(Cc1ccccc1C)C(=O)CN(c1ccc2c(c1)OCCO2)S(=O)(=O)CC. The maximum absolute atomic E-state index is 14.3. The van der Waals surface area contributed by atoms with Gasteiger partial charge >= 0.3 is 0 Å². The molecule has 1 atom stereocenters. The Bertz CT molecular complexity index is 1500. The summed E-state index contributed by atoms with van der Waals surface area (Å²) in [6.07, 6.45) is 2.00. The summed E-state index contributed by atoms with van der Waals surface area (Å²) in [5, 5.41) is 3.01. The van der Waals surface area contributed by atoms with Gasteiger partial charge in [-0.3, -0.25) is 13.9 Å². The molecule has 0 aliphatic carbocycles. The molecule has 43 heavy (non-hydrogen) atoms. The van der Waals surface area contributed by atoms with Gasteiger partial charge in [-0.25, -0.2) is 8.42 Å². The van der Waals surface area contributed by atoms with Crippen molar-refractivity contribution in [3.8, 4) is 11.5 Å². The fraction of sp³-hybridized carbons (Fsp3) is 0.394. The topological polar surface area (TPSA) is 105 Å². The molecular formula is C33H41N3O6S. The number of hydrogen-bond acceptors (Lipinski definition) is 6. The minimum atomic E-state index is -3.88. The molecule has 230 valence electrons. The lowest BCUT2D eigenvalue weighted by atomic mass is 10.0. The highest BCUT2D eigenvalue weighted by Gasteiger charge is 2.34. The zero-order valence-electron chi connectivity index (χ0n) is 25.1. The molecule has 0 saturated heterocycles. The number of anilines is 1. The number of hydrogen-bond donors (Lipinski definition) is 1. The first-order chi connectivity index (χ1) is 20.7. The van der Waals surface area contributed by atoms with Crippen LogP contribution in [-0.2, 0) is 32.6 Å². The molecule has 1 unspecified atom stereocenters. The van der Waals surface area contributed by atoms with Gasteiger partial charge < -0.3 is 19.7 Å². The highest BCUT2D eigenvalue weighted by atomic mass is 32.2. The number of fused-ring (bicyclic) bond motifs is 1. The number of sulfonamides is 1. The highest BCUT2D eigenvalue weighted by Crippen LogP contribution is 2.35. The van der Waals surface area contributed by atoms with E-state index in [-0.39, 0.29) is 24.6 Å². The van der Waals surface area contributed by atoms with Crippen LogP contribution in [0, 0.1) is 6.92 Å². The lowest BCUT2D eigenvalue weighted by molar-refractivity contribution is -0.140. The summed E-state index contributed by atoms with van der Waals surface area (Å²) in [5.41, 5.74) is 3.03. The van der Waals surface area contributed by atoms with Crippen molar-refractivity contribution in [2.75, 3.05) is 36.4 Å². The molecule has 1 aliphatic heterocycles. The van der Waals surface area contributed by atoms with E-state index in [0.29, 0.717) is 36.9 Å². The molecule has 0 spiro atoms. The van der Waals surface area contributed by atoms with E-state index in [1.165, 1.54) is 11.8 Å². The molecular weight excluding hydrogens is 566 g/mol. The molecule has 0 radical (unpaired) electrons. The van der Waals surface area contributed by atoms with Crippen LogP contribution in [0.1, 0.15) is 43.4 Å². The summed E-state index contributed by atoms with van der Waals surface area (Å²) in [4.78, 5) is 29.6. The molecule has 0 aromatic heterocycles. The van der Waals surface area contributed by atoms with Crippen LogP contribution in [0.5, 0.6) is 11.5 Å². The lowest BCUT2D eigenvalue weighted by Gasteiger charge is -2.34. The average molecular weight is 608 g/mol. The van der Waals surface area contributed by atoms with Gasteiger partial charge in [0.05, 0.1) is 11.4 Å². The maximum atomic E-state index is 14.3. The van der Waals surface area contributed by atoms with Gasteiger partial charge in [-0.15, -0.1) is 0 Å². The second kappa shape index (κ2) is 14.9. The van der Waals surface area contributed by atoms with Gasteiger partial charge in [-0.05, 0) is 49.1 Å². The van der Waals surface area contributed by atoms with Crippen LogP contribution in [0.25, 0.3) is 0 Å². The van der Waals surface area contributed by atoms with Crippen molar-refractivity contribution < 1.29 is 27.5 Å². The molecule has 2 amide bonds. The van der Waals surface area contributed by atoms with Crippen LogP contribution < -0.4 is 19.1 Å². The van der Waals surface area contributed by atoms with E-state index >= 15 is 0 Å². The molecule has 4 rings (SSSR count). The Morgan fingerprint density at radius 1 is 0.930 bits per heavy atom. The molecule has 1 N–H and O–H groups in total. The molecule has 0 saturated carbocycles. The number of amides is 2. The number of nitrogens with zero attached hydrogens (tertiary/aromatic N) is 2. The number of benzene rings is 3. The third-order valence-electron chi connectivity index (χ3n) is 7.50. The van der Waals surface area contributed by atoms with E-state index in [9.17, 15) is 18.0 Å². The van der Waals surface area contributed by atoms with E-state index in [0.717, 1.165) is 33.8 Å². The number of nitrogens with one attached hydrogen (secondary N) is 1. The Morgan fingerprint density at radius 2 is 1.63 bits per heavy atom. The Labute approximate surface area is 254 Å². The maximum Gasteiger partial charge on any atom is 0.244 e. The van der Waals surface area contributed by atoms with Crippen molar-refractivity contribution in [3.05, 3.63) is 89.5 Å². The summed E-state index contributed by atoms with van der Waals surface area (Å²) in [5.74, 6) is -0.0351. The molecule has 1 aliphatic rings. The fourth-order valence-corrected chi connectivity index (χ4v) is 5.99. The molecule has 0 bridgehead atoms. The van der Waals surface area contributed by atoms with Crippen LogP contribution >= 0.6 is 0 Å². The second-order valence-electron chi connectivity index (χ2n) is 10.5. The van der Waals surface area contributed by atoms with Gasteiger partial charge in [-0.2, -0.15) is 0 Å². The highest BCUT2D eigenvalue weighted by molar-refractivity contribution is 7.92. The zero-order valence-corrected chi connectivity index (χ0v) is 25.9. The quantitative estimate of drug-likeness (QED) is 0.271. The van der Waals surface area contributed by atoms with Crippen molar-refractivity contribution in [1.29, 1.82) is 0 Å². The molecule has 3 aromatic rings. The normalized spacial score (nSPS) is 13.2. The van der Waals surface area contributed by atoms with Crippen LogP contribution in [-0.4, -0.2) is 63.2 Å². The zero-order chi connectivity index (χ0) is 30.8. The van der Waals surface area contributed by atoms with Crippen LogP contribution in [0.4, 0.5) is 5.69 Å². The van der Waals surface area contributed by atoms with E-state index in [2.05, 4.69) is 5.32 Å². The number of carbonyl (C=O) groups excluding carboxylic acids is 2. The first-order valence-corrected chi connectivity index (χ1v) is 16.4. The Morgan fingerprint density at radius 3 is 2.33 bits per heavy atom.